The SMILES string of the molecule is N=Cc1c(N)cc(Cl)cc1C(N=O)C1CCCCC1. The number of hydrogen-bond acceptors (Lipinski definition) is 4. The number of benzene rings is 1. The molecule has 1 aliphatic carbocycles. The van der Waals surface area contributed by atoms with Gasteiger partial charge in [-0.05, 0) is 36.5 Å². The first-order valence-electron chi connectivity index (χ1n) is 6.59. The number of nitroso groups, excluding NO2 is 1. The third-order valence-electron chi connectivity index (χ3n) is 3.88. The Labute approximate surface area is 117 Å². The molecule has 19 heavy (non-hydrogen) atoms. The third-order valence-corrected chi connectivity index (χ3v) is 4.10. The molecule has 3 N–H and O–H groups in total. The molecule has 0 bridgehead atoms. The molecule has 0 radical (unpaired) electrons. The van der Waals surface area contributed by atoms with Crippen molar-refractivity contribution >= 4 is 23.5 Å². The first-order valence-corrected chi connectivity index (χ1v) is 6.97. The molecule has 5 heteroatoms. The molecule has 0 aliphatic heterocycles. The Morgan fingerprint density at radius 2 is 2.05 bits per heavy atom. The van der Waals surface area contributed by atoms with Gasteiger partial charge in [-0.1, -0.05) is 36.0 Å². The number of nitrogens with one attached hydrogen (secondary N) is 1. The molecule has 4 nitrogen and oxygen atoms in total. The van der Waals surface area contributed by atoms with Crippen molar-refractivity contribution in [3.8, 4) is 0 Å². The van der Waals surface area contributed by atoms with E-state index >= 15 is 0 Å². The van der Waals surface area contributed by atoms with Crippen molar-refractivity contribution in [2.24, 2.45) is 11.1 Å². The Morgan fingerprint density at radius 1 is 1.37 bits per heavy atom. The molecule has 1 aromatic carbocycles. The second kappa shape index (κ2) is 6.15. The van der Waals surface area contributed by atoms with Crippen LogP contribution in [0.2, 0.25) is 5.02 Å². The fraction of sp³-hybridized carbons (Fsp3) is 0.500. The first kappa shape index (κ1) is 14.0. The number of halogens is 1. The van der Waals surface area contributed by atoms with Gasteiger partial charge in [-0.15, -0.1) is 0 Å². The topological polar surface area (TPSA) is 79.3 Å². The van der Waals surface area contributed by atoms with E-state index in [2.05, 4.69) is 5.18 Å². The number of rotatable bonds is 4. The van der Waals surface area contributed by atoms with Crippen molar-refractivity contribution in [3.05, 3.63) is 33.2 Å². The Hall–Kier alpha value is -1.42. The van der Waals surface area contributed by atoms with Crippen LogP contribution in [0, 0.1) is 16.2 Å². The van der Waals surface area contributed by atoms with Crippen LogP contribution in [0.1, 0.15) is 49.3 Å². The Bertz CT molecular complexity index is 484. The van der Waals surface area contributed by atoms with Crippen molar-refractivity contribution in [2.45, 2.75) is 38.1 Å². The van der Waals surface area contributed by atoms with E-state index in [1.54, 1.807) is 12.1 Å². The monoisotopic (exact) mass is 279 g/mol. The summed E-state index contributed by atoms with van der Waals surface area (Å²) < 4.78 is 0. The molecule has 2 rings (SSSR count). The quantitative estimate of drug-likeness (QED) is 0.489. The van der Waals surface area contributed by atoms with Crippen molar-refractivity contribution in [1.82, 2.24) is 0 Å². The zero-order chi connectivity index (χ0) is 13.8. The zero-order valence-corrected chi connectivity index (χ0v) is 11.5. The Kier molecular flexibility index (Phi) is 4.53. The predicted molar refractivity (Wildman–Crippen MR) is 78.9 cm³/mol. The van der Waals surface area contributed by atoms with Gasteiger partial charge in [-0.2, -0.15) is 4.91 Å². The number of hydrogen-bond donors (Lipinski definition) is 2. The highest BCUT2D eigenvalue weighted by Gasteiger charge is 2.28. The van der Waals surface area contributed by atoms with Crippen LogP contribution >= 0.6 is 11.6 Å². The summed E-state index contributed by atoms with van der Waals surface area (Å²) in [5.74, 6) is 0.239. The molecule has 1 fully saturated rings. The molecule has 1 saturated carbocycles. The van der Waals surface area contributed by atoms with E-state index < -0.39 is 6.04 Å². The smallest absolute Gasteiger partial charge is 0.120 e. The van der Waals surface area contributed by atoms with E-state index in [1.807, 2.05) is 0 Å². The summed E-state index contributed by atoms with van der Waals surface area (Å²) in [5.41, 5.74) is 7.57. The van der Waals surface area contributed by atoms with E-state index in [1.165, 1.54) is 12.6 Å². The van der Waals surface area contributed by atoms with Crippen LogP contribution in [0.15, 0.2) is 17.3 Å². The predicted octanol–water partition coefficient (Wildman–Crippen LogP) is 4.31. The Balaban J connectivity index is 2.41. The van der Waals surface area contributed by atoms with Crippen LogP contribution in [-0.4, -0.2) is 6.21 Å². The van der Waals surface area contributed by atoms with E-state index in [0.29, 0.717) is 21.8 Å². The zero-order valence-electron chi connectivity index (χ0n) is 10.7. The van der Waals surface area contributed by atoms with Crippen molar-refractivity contribution in [1.29, 1.82) is 5.41 Å². The van der Waals surface area contributed by atoms with Crippen LogP contribution in [0.25, 0.3) is 0 Å². The van der Waals surface area contributed by atoms with Crippen molar-refractivity contribution < 1.29 is 0 Å². The highest BCUT2D eigenvalue weighted by atomic mass is 35.5. The van der Waals surface area contributed by atoms with E-state index in [9.17, 15) is 4.91 Å². The minimum atomic E-state index is -0.446. The second-order valence-corrected chi connectivity index (χ2v) is 5.53. The average molecular weight is 280 g/mol. The highest BCUT2D eigenvalue weighted by Crippen LogP contribution is 2.39. The van der Waals surface area contributed by atoms with Crippen LogP contribution in [0.4, 0.5) is 5.69 Å². The lowest BCUT2D eigenvalue weighted by Crippen LogP contribution is -2.16. The largest absolute Gasteiger partial charge is 0.398 e. The molecule has 1 aliphatic rings. The summed E-state index contributed by atoms with van der Waals surface area (Å²) in [6.07, 6.45) is 6.67. The lowest BCUT2D eigenvalue weighted by molar-refractivity contribution is 0.308. The van der Waals surface area contributed by atoms with Gasteiger partial charge in [0, 0.05) is 22.5 Å². The average Bonchev–Trinajstić information content (AvgIpc) is 2.40. The number of anilines is 1. The number of nitrogen functional groups attached to an aromatic ring is 1. The van der Waals surface area contributed by atoms with Gasteiger partial charge in [0.15, 0.2) is 0 Å². The lowest BCUT2D eigenvalue weighted by atomic mass is 9.80. The fourth-order valence-electron chi connectivity index (χ4n) is 2.92. The summed E-state index contributed by atoms with van der Waals surface area (Å²) in [7, 11) is 0. The summed E-state index contributed by atoms with van der Waals surface area (Å²) >= 11 is 6.02. The normalized spacial score (nSPS) is 17.9. The van der Waals surface area contributed by atoms with E-state index in [-0.39, 0.29) is 5.92 Å². The molecule has 0 saturated heterocycles. The molecule has 0 aromatic heterocycles. The highest BCUT2D eigenvalue weighted by molar-refractivity contribution is 6.31. The maximum atomic E-state index is 11.3. The Morgan fingerprint density at radius 3 is 2.63 bits per heavy atom. The van der Waals surface area contributed by atoms with Crippen molar-refractivity contribution in [2.75, 3.05) is 5.73 Å². The maximum Gasteiger partial charge on any atom is 0.120 e. The van der Waals surface area contributed by atoms with E-state index in [4.69, 9.17) is 22.7 Å². The van der Waals surface area contributed by atoms with Crippen LogP contribution in [0.5, 0.6) is 0 Å². The summed E-state index contributed by atoms with van der Waals surface area (Å²) in [4.78, 5) is 11.3. The van der Waals surface area contributed by atoms with Gasteiger partial charge in [0.2, 0.25) is 0 Å². The molecule has 1 aromatic rings. The van der Waals surface area contributed by atoms with Gasteiger partial charge in [-0.25, -0.2) is 0 Å². The summed E-state index contributed by atoms with van der Waals surface area (Å²) in [5, 5.41) is 11.3. The van der Waals surface area contributed by atoms with Crippen molar-refractivity contribution in [3.63, 3.8) is 0 Å². The summed E-state index contributed by atoms with van der Waals surface area (Å²) in [6.45, 7) is 0. The number of nitrogens with zero attached hydrogens (tertiary/aromatic N) is 1. The third kappa shape index (κ3) is 2.95. The molecule has 1 atom stereocenters. The molecular weight excluding hydrogens is 262 g/mol. The molecule has 0 spiro atoms. The van der Waals surface area contributed by atoms with Crippen LogP contribution in [-0.2, 0) is 0 Å². The van der Waals surface area contributed by atoms with Crippen LogP contribution in [0.3, 0.4) is 0 Å². The minimum absolute atomic E-state index is 0.239. The molecule has 0 heterocycles. The first-order chi connectivity index (χ1) is 9.17. The number of nitrogens with two attached hydrogens (primary N) is 1. The lowest BCUT2D eigenvalue weighted by Gasteiger charge is -2.27. The van der Waals surface area contributed by atoms with Gasteiger partial charge in [-0.3, -0.25) is 0 Å². The molecule has 102 valence electrons. The molecule has 0 amide bonds. The standard InChI is InChI=1S/C14H18ClN3O/c15-10-6-11(12(8-16)13(17)7-10)14(18-19)9-4-2-1-3-5-9/h6-9,14,16H,1-5,17H2. The van der Waals surface area contributed by atoms with Gasteiger partial charge in [0.25, 0.3) is 0 Å². The molecular formula is C14H18ClN3O. The van der Waals surface area contributed by atoms with E-state index in [0.717, 1.165) is 25.7 Å². The fourth-order valence-corrected chi connectivity index (χ4v) is 3.15. The van der Waals surface area contributed by atoms with Gasteiger partial charge < -0.3 is 11.1 Å². The van der Waals surface area contributed by atoms with Crippen LogP contribution < -0.4 is 5.73 Å². The van der Waals surface area contributed by atoms with Gasteiger partial charge >= 0.3 is 0 Å². The minimum Gasteiger partial charge on any atom is -0.398 e. The van der Waals surface area contributed by atoms with Gasteiger partial charge in [0.1, 0.15) is 6.04 Å². The second-order valence-electron chi connectivity index (χ2n) is 5.09. The molecule has 1 unspecified atom stereocenters. The summed E-state index contributed by atoms with van der Waals surface area (Å²) in [6, 6.07) is 2.88. The van der Waals surface area contributed by atoms with Gasteiger partial charge in [0.05, 0.1) is 0 Å². The maximum absolute atomic E-state index is 11.3.